The van der Waals surface area contributed by atoms with Crippen molar-refractivity contribution in [3.8, 4) is 11.5 Å². The Morgan fingerprint density at radius 2 is 1.81 bits per heavy atom. The van der Waals surface area contributed by atoms with E-state index in [1.165, 1.54) is 7.11 Å². The molecule has 0 radical (unpaired) electrons. The first-order valence-corrected chi connectivity index (χ1v) is 8.06. The lowest BCUT2D eigenvalue weighted by atomic mass is 10.3. The van der Waals surface area contributed by atoms with Crippen LogP contribution in [0.3, 0.4) is 0 Å². The van der Waals surface area contributed by atoms with Crippen LogP contribution in [0.1, 0.15) is 0 Å². The van der Waals surface area contributed by atoms with E-state index >= 15 is 0 Å². The molecule has 0 fully saturated rings. The largest absolute Gasteiger partial charge is 0.493 e. The molecule has 0 aliphatic carbocycles. The highest BCUT2D eigenvalue weighted by Gasteiger charge is 2.15. The van der Waals surface area contributed by atoms with Crippen molar-refractivity contribution in [1.82, 2.24) is 0 Å². The number of nitrogens with one attached hydrogen (secondary N) is 1. The van der Waals surface area contributed by atoms with Crippen LogP contribution in [0.4, 0.5) is 14.5 Å². The third kappa shape index (κ3) is 5.41. The summed E-state index contributed by atoms with van der Waals surface area (Å²) in [5.74, 6) is -2.57. The topological polar surface area (TPSA) is 73.9 Å². The van der Waals surface area contributed by atoms with E-state index in [0.29, 0.717) is 17.6 Å². The Labute approximate surface area is 156 Å². The van der Waals surface area contributed by atoms with E-state index in [9.17, 15) is 18.4 Å². The van der Waals surface area contributed by atoms with Gasteiger partial charge in [0, 0.05) is 10.5 Å². The van der Waals surface area contributed by atoms with Crippen LogP contribution in [-0.2, 0) is 14.3 Å². The van der Waals surface area contributed by atoms with Crippen LogP contribution in [0.5, 0.6) is 11.5 Å². The zero-order valence-corrected chi connectivity index (χ0v) is 15.1. The summed E-state index contributed by atoms with van der Waals surface area (Å²) < 4.78 is 41.7. The number of esters is 1. The molecule has 2 aromatic carbocycles. The number of halogens is 3. The number of amides is 1. The third-order valence-corrected chi connectivity index (χ3v) is 3.68. The van der Waals surface area contributed by atoms with Gasteiger partial charge in [-0.3, -0.25) is 4.79 Å². The second-order valence-electron chi connectivity index (χ2n) is 4.89. The standard InChI is InChI=1S/C17H14BrF2NO5/c1-24-13-4-2-3-5-14(13)25-9-16(23)26-8-15(22)21-17-11(18)6-10(19)7-12(17)20/h2-7H,8-9H2,1H3,(H,21,22). The minimum atomic E-state index is -0.962. The first-order chi connectivity index (χ1) is 12.4. The molecule has 0 unspecified atom stereocenters. The van der Waals surface area contributed by atoms with Crippen molar-refractivity contribution in [3.63, 3.8) is 0 Å². The van der Waals surface area contributed by atoms with E-state index < -0.39 is 36.7 Å². The zero-order valence-electron chi connectivity index (χ0n) is 13.6. The van der Waals surface area contributed by atoms with Crippen molar-refractivity contribution in [3.05, 3.63) is 52.5 Å². The summed E-state index contributed by atoms with van der Waals surface area (Å²) in [6.45, 7) is -1.10. The normalized spacial score (nSPS) is 10.2. The third-order valence-electron chi connectivity index (χ3n) is 3.05. The molecule has 0 atom stereocenters. The fraction of sp³-hybridized carbons (Fsp3) is 0.176. The van der Waals surface area contributed by atoms with E-state index in [-0.39, 0.29) is 10.2 Å². The van der Waals surface area contributed by atoms with Gasteiger partial charge in [0.25, 0.3) is 5.91 Å². The minimum absolute atomic E-state index is 0.0224. The number of anilines is 1. The molecule has 0 saturated heterocycles. The number of hydrogen-bond acceptors (Lipinski definition) is 5. The van der Waals surface area contributed by atoms with Crippen LogP contribution in [0.25, 0.3) is 0 Å². The summed E-state index contributed by atoms with van der Waals surface area (Å²) in [5, 5.41) is 2.19. The Morgan fingerprint density at radius 3 is 2.46 bits per heavy atom. The molecule has 1 N–H and O–H groups in total. The second kappa shape index (κ2) is 9.14. The van der Waals surface area contributed by atoms with Gasteiger partial charge in [0.1, 0.15) is 5.82 Å². The maximum atomic E-state index is 13.6. The van der Waals surface area contributed by atoms with Crippen LogP contribution < -0.4 is 14.8 Å². The molecule has 0 aliphatic rings. The number of carbonyl (C=O) groups excluding carboxylic acids is 2. The molecule has 6 nitrogen and oxygen atoms in total. The van der Waals surface area contributed by atoms with Gasteiger partial charge in [0.2, 0.25) is 0 Å². The summed E-state index contributed by atoms with van der Waals surface area (Å²) in [4.78, 5) is 23.4. The molecule has 0 heterocycles. The highest BCUT2D eigenvalue weighted by Crippen LogP contribution is 2.27. The van der Waals surface area contributed by atoms with Gasteiger partial charge >= 0.3 is 5.97 Å². The number of para-hydroxylation sites is 2. The summed E-state index contributed by atoms with van der Waals surface area (Å²) in [6, 6.07) is 8.31. The number of rotatable bonds is 7. The lowest BCUT2D eigenvalue weighted by Crippen LogP contribution is -2.24. The SMILES string of the molecule is COc1ccccc1OCC(=O)OCC(=O)Nc1c(F)cc(F)cc1Br. The smallest absolute Gasteiger partial charge is 0.344 e. The van der Waals surface area contributed by atoms with Crippen LogP contribution >= 0.6 is 15.9 Å². The fourth-order valence-corrected chi connectivity index (χ4v) is 2.41. The molecule has 0 bridgehead atoms. The monoisotopic (exact) mass is 429 g/mol. The van der Waals surface area contributed by atoms with Crippen molar-refractivity contribution in [1.29, 1.82) is 0 Å². The van der Waals surface area contributed by atoms with Gasteiger partial charge in [-0.1, -0.05) is 12.1 Å². The lowest BCUT2D eigenvalue weighted by Gasteiger charge is -2.11. The second-order valence-corrected chi connectivity index (χ2v) is 5.75. The van der Waals surface area contributed by atoms with Gasteiger partial charge in [-0.15, -0.1) is 0 Å². The molecule has 9 heteroatoms. The first-order valence-electron chi connectivity index (χ1n) is 7.26. The fourth-order valence-electron chi connectivity index (χ4n) is 1.90. The number of hydrogen-bond donors (Lipinski definition) is 1. The molecule has 0 spiro atoms. The van der Waals surface area contributed by atoms with E-state index in [0.717, 1.165) is 6.07 Å². The Hall–Kier alpha value is -2.68. The zero-order chi connectivity index (χ0) is 19.1. The van der Waals surface area contributed by atoms with Crippen molar-refractivity contribution in [2.24, 2.45) is 0 Å². The Kier molecular flexibility index (Phi) is 6.90. The summed E-state index contributed by atoms with van der Waals surface area (Å²) >= 11 is 2.94. The Balaban J connectivity index is 1.83. The van der Waals surface area contributed by atoms with Crippen molar-refractivity contribution >= 4 is 33.5 Å². The molecule has 2 aromatic rings. The van der Waals surface area contributed by atoms with Crippen LogP contribution in [-0.4, -0.2) is 32.2 Å². The van der Waals surface area contributed by atoms with E-state index in [4.69, 9.17) is 14.2 Å². The van der Waals surface area contributed by atoms with Crippen LogP contribution in [0.15, 0.2) is 40.9 Å². The van der Waals surface area contributed by atoms with Crippen molar-refractivity contribution in [2.75, 3.05) is 25.6 Å². The van der Waals surface area contributed by atoms with E-state index in [1.807, 2.05) is 0 Å². The number of benzene rings is 2. The Bertz CT molecular complexity index is 792. The van der Waals surface area contributed by atoms with E-state index in [2.05, 4.69) is 21.2 Å². The van der Waals surface area contributed by atoms with Gasteiger partial charge in [-0.2, -0.15) is 0 Å². The summed E-state index contributed by atoms with van der Waals surface area (Å²) in [6.07, 6.45) is 0. The molecule has 26 heavy (non-hydrogen) atoms. The maximum absolute atomic E-state index is 13.6. The first kappa shape index (κ1) is 19.6. The molecule has 0 aromatic heterocycles. The lowest BCUT2D eigenvalue weighted by molar-refractivity contribution is -0.149. The van der Waals surface area contributed by atoms with E-state index in [1.54, 1.807) is 24.3 Å². The van der Waals surface area contributed by atoms with Gasteiger partial charge in [-0.25, -0.2) is 13.6 Å². The molecule has 1 amide bonds. The molecular formula is C17H14BrF2NO5. The molecule has 138 valence electrons. The van der Waals surface area contributed by atoms with Gasteiger partial charge < -0.3 is 19.5 Å². The highest BCUT2D eigenvalue weighted by atomic mass is 79.9. The summed E-state index contributed by atoms with van der Waals surface area (Å²) in [5.41, 5.74) is -0.252. The van der Waals surface area contributed by atoms with Crippen molar-refractivity contribution in [2.45, 2.75) is 0 Å². The predicted molar refractivity (Wildman–Crippen MR) is 92.1 cm³/mol. The quantitative estimate of drug-likeness (QED) is 0.683. The molecule has 0 saturated carbocycles. The average Bonchev–Trinajstić information content (AvgIpc) is 2.61. The molecule has 0 aliphatic heterocycles. The van der Waals surface area contributed by atoms with Gasteiger partial charge in [-0.05, 0) is 34.1 Å². The Morgan fingerprint density at radius 1 is 1.12 bits per heavy atom. The van der Waals surface area contributed by atoms with Crippen molar-refractivity contribution < 1.29 is 32.6 Å². The van der Waals surface area contributed by atoms with Crippen LogP contribution in [0, 0.1) is 11.6 Å². The van der Waals surface area contributed by atoms with Crippen LogP contribution in [0.2, 0.25) is 0 Å². The minimum Gasteiger partial charge on any atom is -0.493 e. The molecule has 2 rings (SSSR count). The molecular weight excluding hydrogens is 416 g/mol. The van der Waals surface area contributed by atoms with Gasteiger partial charge in [0.15, 0.2) is 30.5 Å². The highest BCUT2D eigenvalue weighted by molar-refractivity contribution is 9.10. The maximum Gasteiger partial charge on any atom is 0.344 e. The average molecular weight is 430 g/mol. The number of methoxy groups -OCH3 is 1. The summed E-state index contributed by atoms with van der Waals surface area (Å²) in [7, 11) is 1.46. The number of ether oxygens (including phenoxy) is 3. The predicted octanol–water partition coefficient (Wildman–Crippen LogP) is 3.30. The van der Waals surface area contributed by atoms with Gasteiger partial charge in [0.05, 0.1) is 12.8 Å². The number of carbonyl (C=O) groups is 2.